The van der Waals surface area contributed by atoms with Crippen LogP contribution in [0.15, 0.2) is 83.1 Å². The Morgan fingerprint density at radius 3 is 2.15 bits per heavy atom. The predicted molar refractivity (Wildman–Crippen MR) is 133 cm³/mol. The maximum Gasteiger partial charge on any atom is 0.254 e. The zero-order chi connectivity index (χ0) is 22.1. The number of fused-ring (bicyclic) bond motifs is 1. The summed E-state index contributed by atoms with van der Waals surface area (Å²) in [6, 6.07) is 23.9. The van der Waals surface area contributed by atoms with Crippen LogP contribution in [0, 0.1) is 0 Å². The lowest BCUT2D eigenvalue weighted by Gasteiger charge is -2.35. The summed E-state index contributed by atoms with van der Waals surface area (Å²) in [5, 5.41) is 1.18. The number of halogens is 1. The molecule has 170 valence electrons. The van der Waals surface area contributed by atoms with Gasteiger partial charge in [0.1, 0.15) is 0 Å². The van der Waals surface area contributed by atoms with Gasteiger partial charge in [-0.25, -0.2) is 8.42 Å². The first-order chi connectivity index (χ1) is 15.5. The molecule has 7 heteroatoms. The van der Waals surface area contributed by atoms with Gasteiger partial charge in [0.15, 0.2) is 9.84 Å². The van der Waals surface area contributed by atoms with Crippen LogP contribution in [-0.2, 0) is 16.4 Å². The molecule has 1 fully saturated rings. The van der Waals surface area contributed by atoms with Crippen molar-refractivity contribution < 1.29 is 13.2 Å². The first kappa shape index (κ1) is 23.2. The number of hydrogen-bond acceptors (Lipinski definition) is 4. The molecule has 2 heterocycles. The number of piperazine rings is 1. The van der Waals surface area contributed by atoms with Gasteiger partial charge in [0.05, 0.1) is 4.90 Å². The van der Waals surface area contributed by atoms with Crippen molar-refractivity contribution in [3.63, 3.8) is 0 Å². The van der Waals surface area contributed by atoms with E-state index in [4.69, 9.17) is 0 Å². The van der Waals surface area contributed by atoms with Crippen LogP contribution in [0.3, 0.4) is 0 Å². The Kier molecular flexibility index (Phi) is 6.70. The molecule has 5 nitrogen and oxygen atoms in total. The van der Waals surface area contributed by atoms with E-state index in [1.807, 2.05) is 23.1 Å². The van der Waals surface area contributed by atoms with Crippen LogP contribution in [-0.4, -0.2) is 50.3 Å². The van der Waals surface area contributed by atoms with E-state index >= 15 is 0 Å². The van der Waals surface area contributed by atoms with Crippen molar-refractivity contribution in [3.05, 3.63) is 94.9 Å². The average molecular weight is 481 g/mol. The number of carbonyl (C=O) groups is 1. The lowest BCUT2D eigenvalue weighted by molar-refractivity contribution is 0.0628. The molecule has 0 spiro atoms. The van der Waals surface area contributed by atoms with Crippen LogP contribution in [0.25, 0.3) is 17.2 Å². The number of hydrogen-bond donors (Lipinski definition) is 0. The van der Waals surface area contributed by atoms with Gasteiger partial charge in [-0.2, -0.15) is 0 Å². The van der Waals surface area contributed by atoms with Crippen molar-refractivity contribution in [3.8, 4) is 11.1 Å². The zero-order valence-electron chi connectivity index (χ0n) is 18.1. The van der Waals surface area contributed by atoms with E-state index < -0.39 is 9.84 Å². The van der Waals surface area contributed by atoms with Crippen LogP contribution in [0.1, 0.15) is 21.5 Å². The topological polar surface area (TPSA) is 57.7 Å². The van der Waals surface area contributed by atoms with Gasteiger partial charge in [0, 0.05) is 49.3 Å². The highest BCUT2D eigenvalue weighted by molar-refractivity contribution is 7.94. The molecule has 3 aromatic rings. The number of benzene rings is 3. The van der Waals surface area contributed by atoms with E-state index in [0.717, 1.165) is 19.6 Å². The summed E-state index contributed by atoms with van der Waals surface area (Å²) in [6.07, 6.45) is 1.53. The van der Waals surface area contributed by atoms with Gasteiger partial charge < -0.3 is 4.90 Å². The zero-order valence-corrected chi connectivity index (χ0v) is 19.7. The van der Waals surface area contributed by atoms with Crippen LogP contribution in [0.4, 0.5) is 0 Å². The molecule has 0 radical (unpaired) electrons. The third kappa shape index (κ3) is 4.74. The van der Waals surface area contributed by atoms with Crippen LogP contribution < -0.4 is 0 Å². The minimum absolute atomic E-state index is 0. The van der Waals surface area contributed by atoms with Gasteiger partial charge in [-0.05, 0) is 34.9 Å². The molecule has 33 heavy (non-hydrogen) atoms. The SMILES string of the molecule is Cl.O=C(c1cccc2c1C=CS2(=O)=O)N1CCN(Cc2ccc(-c3ccccc3)cc2)CC1. The van der Waals surface area contributed by atoms with Gasteiger partial charge in [-0.3, -0.25) is 9.69 Å². The molecule has 1 amide bonds. The number of nitrogens with zero attached hydrogens (tertiary/aromatic N) is 2. The highest BCUT2D eigenvalue weighted by Crippen LogP contribution is 2.30. The molecule has 0 N–H and O–H groups in total. The standard InChI is InChI=1S/C26H24N2O3S.ClH/c29-26(24-7-4-8-25-23(24)13-18-32(25,30)31)28-16-14-27(15-17-28)19-20-9-11-22(12-10-20)21-5-2-1-3-6-21;/h1-13,18H,14-17,19H2;1H. The van der Waals surface area contributed by atoms with E-state index in [2.05, 4.69) is 41.3 Å². The van der Waals surface area contributed by atoms with Crippen LogP contribution in [0.5, 0.6) is 0 Å². The van der Waals surface area contributed by atoms with E-state index in [0.29, 0.717) is 24.2 Å². The molecule has 0 saturated carbocycles. The lowest BCUT2D eigenvalue weighted by Crippen LogP contribution is -2.48. The predicted octanol–water partition coefficient (Wildman–Crippen LogP) is 4.49. The number of amides is 1. The quantitative estimate of drug-likeness (QED) is 0.552. The van der Waals surface area contributed by atoms with Crippen molar-refractivity contribution in [2.45, 2.75) is 11.4 Å². The van der Waals surface area contributed by atoms with Crippen LogP contribution in [0.2, 0.25) is 0 Å². The van der Waals surface area contributed by atoms with Gasteiger partial charge in [-0.15, -0.1) is 12.4 Å². The van der Waals surface area contributed by atoms with Gasteiger partial charge in [0.25, 0.3) is 5.91 Å². The van der Waals surface area contributed by atoms with Gasteiger partial charge in [0.2, 0.25) is 0 Å². The Bertz CT molecular complexity index is 1280. The Hall–Kier alpha value is -2.93. The van der Waals surface area contributed by atoms with Crippen LogP contribution >= 0.6 is 12.4 Å². The monoisotopic (exact) mass is 480 g/mol. The molecule has 1 saturated heterocycles. The molecular weight excluding hydrogens is 456 g/mol. The van der Waals surface area contributed by atoms with Crippen molar-refractivity contribution in [1.82, 2.24) is 9.80 Å². The lowest BCUT2D eigenvalue weighted by atomic mass is 10.0. The fourth-order valence-electron chi connectivity index (χ4n) is 4.35. The minimum Gasteiger partial charge on any atom is -0.336 e. The molecule has 0 bridgehead atoms. The normalized spacial score (nSPS) is 16.8. The average Bonchev–Trinajstić information content (AvgIpc) is 3.15. The molecule has 0 unspecified atom stereocenters. The smallest absolute Gasteiger partial charge is 0.254 e. The molecule has 2 aliphatic rings. The number of rotatable bonds is 4. The number of sulfone groups is 1. The fourth-order valence-corrected chi connectivity index (χ4v) is 5.57. The fraction of sp³-hybridized carbons (Fsp3) is 0.192. The van der Waals surface area contributed by atoms with E-state index in [9.17, 15) is 13.2 Å². The Morgan fingerprint density at radius 1 is 0.788 bits per heavy atom. The molecule has 3 aromatic carbocycles. The van der Waals surface area contributed by atoms with Crippen molar-refractivity contribution in [1.29, 1.82) is 0 Å². The summed E-state index contributed by atoms with van der Waals surface area (Å²) in [4.78, 5) is 17.5. The third-order valence-corrected chi connectivity index (χ3v) is 7.61. The molecule has 2 aliphatic heterocycles. The summed E-state index contributed by atoms with van der Waals surface area (Å²) in [5.41, 5.74) is 4.64. The summed E-state index contributed by atoms with van der Waals surface area (Å²) >= 11 is 0. The molecule has 0 aromatic heterocycles. The Balaban J connectivity index is 0.00000259. The summed E-state index contributed by atoms with van der Waals surface area (Å²) in [6.45, 7) is 3.67. The van der Waals surface area contributed by atoms with Crippen molar-refractivity contribution >= 4 is 34.2 Å². The van der Waals surface area contributed by atoms with Crippen molar-refractivity contribution in [2.75, 3.05) is 26.2 Å². The summed E-state index contributed by atoms with van der Waals surface area (Å²) in [5.74, 6) is -0.101. The number of carbonyl (C=O) groups excluding carboxylic acids is 1. The molecule has 0 aliphatic carbocycles. The van der Waals surface area contributed by atoms with E-state index in [-0.39, 0.29) is 23.2 Å². The first-order valence-corrected chi connectivity index (χ1v) is 12.3. The summed E-state index contributed by atoms with van der Waals surface area (Å²) < 4.78 is 24.2. The third-order valence-electron chi connectivity index (χ3n) is 6.14. The highest BCUT2D eigenvalue weighted by atomic mass is 35.5. The maximum absolute atomic E-state index is 13.1. The van der Waals surface area contributed by atoms with Gasteiger partial charge in [-0.1, -0.05) is 60.7 Å². The molecule has 0 atom stereocenters. The Labute approximate surface area is 200 Å². The molecule has 5 rings (SSSR count). The van der Waals surface area contributed by atoms with E-state index in [1.54, 1.807) is 18.2 Å². The second-order valence-corrected chi connectivity index (χ2v) is 10.00. The first-order valence-electron chi connectivity index (χ1n) is 10.7. The largest absolute Gasteiger partial charge is 0.336 e. The van der Waals surface area contributed by atoms with Crippen molar-refractivity contribution in [2.24, 2.45) is 0 Å². The van der Waals surface area contributed by atoms with E-state index in [1.165, 1.54) is 28.2 Å². The molecular formula is C26H25ClN2O3S. The second kappa shape index (κ2) is 9.51. The maximum atomic E-state index is 13.1. The minimum atomic E-state index is -3.42. The second-order valence-electron chi connectivity index (χ2n) is 8.20. The van der Waals surface area contributed by atoms with Gasteiger partial charge >= 0.3 is 0 Å². The highest BCUT2D eigenvalue weighted by Gasteiger charge is 2.28. The Morgan fingerprint density at radius 2 is 1.45 bits per heavy atom. The summed E-state index contributed by atoms with van der Waals surface area (Å²) in [7, 11) is -3.42.